The quantitative estimate of drug-likeness (QED) is 0.455. The maximum atomic E-state index is 13.0. The van der Waals surface area contributed by atoms with E-state index >= 15 is 0 Å². The van der Waals surface area contributed by atoms with Crippen LogP contribution in [0.15, 0.2) is 31.0 Å². The van der Waals surface area contributed by atoms with Gasteiger partial charge in [0.15, 0.2) is 5.65 Å². The van der Waals surface area contributed by atoms with Crippen LogP contribution in [-0.4, -0.2) is 61.4 Å². The minimum Gasteiger partial charge on any atom is -0.464 e. The average molecular weight is 476 g/mol. The third-order valence-electron chi connectivity index (χ3n) is 7.05. The lowest BCUT2D eigenvalue weighted by Crippen LogP contribution is -2.34. The van der Waals surface area contributed by atoms with Crippen molar-refractivity contribution in [1.82, 2.24) is 29.2 Å². The van der Waals surface area contributed by atoms with Gasteiger partial charge < -0.3 is 9.64 Å². The third kappa shape index (κ3) is 4.76. The van der Waals surface area contributed by atoms with Crippen LogP contribution >= 0.6 is 0 Å². The minimum atomic E-state index is -0.266. The second-order valence-corrected chi connectivity index (χ2v) is 9.47. The van der Waals surface area contributed by atoms with E-state index in [1.807, 2.05) is 16.9 Å². The van der Waals surface area contributed by atoms with Crippen LogP contribution < -0.4 is 0 Å². The Morgan fingerprint density at radius 3 is 2.80 bits per heavy atom. The summed E-state index contributed by atoms with van der Waals surface area (Å²) in [4.78, 5) is 35.1. The molecular formula is C25H29N7O3. The Balaban J connectivity index is 1.33. The smallest absolute Gasteiger partial charge is 0.329 e. The first-order valence-electron chi connectivity index (χ1n) is 12.2. The van der Waals surface area contributed by atoms with Crippen LogP contribution in [0.25, 0.3) is 22.3 Å². The standard InChI is InChI=1S/C25H29N7O3/c1-30(12-13-35-24(33)18-6-7-18)25(34)31-11-9-20-22(27-16-28-23(20)31)19-14-29-32(15-19)21(8-10-26)17-4-2-3-5-17/h9,11,14-18,21H,2-8,12-13H2,1H3/t21-/m0/s1. The molecule has 3 heterocycles. The molecule has 0 spiro atoms. The molecule has 182 valence electrons. The Morgan fingerprint density at radius 1 is 1.26 bits per heavy atom. The number of ether oxygens (including phenoxy) is 1. The molecule has 0 radical (unpaired) electrons. The molecule has 0 unspecified atom stereocenters. The molecule has 10 nitrogen and oxygen atoms in total. The molecule has 1 atom stereocenters. The molecule has 0 N–H and O–H groups in total. The Hall–Kier alpha value is -3.74. The van der Waals surface area contributed by atoms with Gasteiger partial charge in [-0.1, -0.05) is 12.8 Å². The predicted molar refractivity (Wildman–Crippen MR) is 127 cm³/mol. The number of nitriles is 1. The van der Waals surface area contributed by atoms with Crippen molar-refractivity contribution >= 4 is 23.0 Å². The van der Waals surface area contributed by atoms with Gasteiger partial charge in [-0.3, -0.25) is 14.0 Å². The van der Waals surface area contributed by atoms with E-state index in [-0.39, 0.29) is 30.6 Å². The largest absolute Gasteiger partial charge is 0.464 e. The number of hydrogen-bond donors (Lipinski definition) is 0. The summed E-state index contributed by atoms with van der Waals surface area (Å²) in [5, 5.41) is 14.7. The van der Waals surface area contributed by atoms with E-state index in [2.05, 4.69) is 21.1 Å². The molecular weight excluding hydrogens is 446 g/mol. The normalized spacial score (nSPS) is 16.8. The van der Waals surface area contributed by atoms with Crippen LogP contribution in [0, 0.1) is 23.2 Å². The van der Waals surface area contributed by atoms with Gasteiger partial charge in [0.05, 0.1) is 42.9 Å². The maximum absolute atomic E-state index is 13.0. The first-order chi connectivity index (χ1) is 17.1. The maximum Gasteiger partial charge on any atom is 0.329 e. The molecule has 0 saturated heterocycles. The summed E-state index contributed by atoms with van der Waals surface area (Å²) in [6.07, 6.45) is 13.7. The van der Waals surface area contributed by atoms with Gasteiger partial charge in [0, 0.05) is 30.4 Å². The van der Waals surface area contributed by atoms with Crippen LogP contribution in [0.4, 0.5) is 4.79 Å². The molecule has 2 fully saturated rings. The van der Waals surface area contributed by atoms with Gasteiger partial charge in [-0.05, 0) is 37.7 Å². The average Bonchev–Trinajstić information content (AvgIpc) is 3.25. The monoisotopic (exact) mass is 475 g/mol. The molecule has 0 aliphatic heterocycles. The SMILES string of the molecule is CN(CCOC(=O)C1CC1)C(=O)n1ccc2c(-c3cnn([C@@H](CC#N)C4CCCC4)c3)ncnc21. The van der Waals surface area contributed by atoms with Crippen molar-refractivity contribution in [2.75, 3.05) is 20.2 Å². The minimum absolute atomic E-state index is 0.0391. The number of amides is 1. The lowest BCUT2D eigenvalue weighted by atomic mass is 9.96. The number of fused-ring (bicyclic) bond motifs is 1. The number of carbonyl (C=O) groups excluding carboxylic acids is 2. The molecule has 2 aliphatic rings. The second kappa shape index (κ2) is 9.86. The Kier molecular flexibility index (Phi) is 6.49. The fourth-order valence-corrected chi connectivity index (χ4v) is 4.89. The van der Waals surface area contributed by atoms with Crippen molar-refractivity contribution in [3.63, 3.8) is 0 Å². The van der Waals surface area contributed by atoms with Crippen LogP contribution in [0.5, 0.6) is 0 Å². The molecule has 10 heteroatoms. The van der Waals surface area contributed by atoms with Crippen LogP contribution in [0.3, 0.4) is 0 Å². The third-order valence-corrected chi connectivity index (χ3v) is 7.05. The molecule has 35 heavy (non-hydrogen) atoms. The molecule has 1 amide bonds. The van der Waals surface area contributed by atoms with Crippen molar-refractivity contribution in [3.05, 3.63) is 31.0 Å². The summed E-state index contributed by atoms with van der Waals surface area (Å²) >= 11 is 0. The molecule has 0 bridgehead atoms. The molecule has 2 saturated carbocycles. The number of carbonyl (C=O) groups is 2. The molecule has 0 aromatic carbocycles. The van der Waals surface area contributed by atoms with Gasteiger partial charge in [0.25, 0.3) is 0 Å². The highest BCUT2D eigenvalue weighted by Gasteiger charge is 2.31. The zero-order chi connectivity index (χ0) is 24.4. The highest BCUT2D eigenvalue weighted by molar-refractivity contribution is 5.96. The Morgan fingerprint density at radius 2 is 2.06 bits per heavy atom. The molecule has 5 rings (SSSR count). The van der Waals surface area contributed by atoms with Crippen molar-refractivity contribution in [2.45, 2.75) is 51.0 Å². The summed E-state index contributed by atoms with van der Waals surface area (Å²) in [7, 11) is 1.67. The number of rotatable bonds is 8. The van der Waals surface area contributed by atoms with E-state index in [0.717, 1.165) is 36.6 Å². The van der Waals surface area contributed by atoms with Gasteiger partial charge in [-0.2, -0.15) is 10.4 Å². The lowest BCUT2D eigenvalue weighted by molar-refractivity contribution is -0.145. The van der Waals surface area contributed by atoms with Crippen molar-refractivity contribution in [2.24, 2.45) is 11.8 Å². The first-order valence-corrected chi connectivity index (χ1v) is 12.2. The topological polar surface area (TPSA) is 119 Å². The van der Waals surface area contributed by atoms with Gasteiger partial charge in [0.1, 0.15) is 12.9 Å². The van der Waals surface area contributed by atoms with E-state index in [1.165, 1.54) is 28.6 Å². The fourth-order valence-electron chi connectivity index (χ4n) is 4.89. The molecule has 3 aromatic rings. The Labute approximate surface area is 203 Å². The molecule has 3 aromatic heterocycles. The van der Waals surface area contributed by atoms with Gasteiger partial charge in [0.2, 0.25) is 0 Å². The number of esters is 1. The van der Waals surface area contributed by atoms with Gasteiger partial charge in [-0.25, -0.2) is 14.8 Å². The van der Waals surface area contributed by atoms with Crippen molar-refractivity contribution < 1.29 is 14.3 Å². The summed E-state index contributed by atoms with van der Waals surface area (Å²) in [6, 6.07) is 3.93. The fraction of sp³-hybridized carbons (Fsp3) is 0.520. The summed E-state index contributed by atoms with van der Waals surface area (Å²) in [5.41, 5.74) is 2.01. The number of hydrogen-bond acceptors (Lipinski definition) is 7. The lowest BCUT2D eigenvalue weighted by Gasteiger charge is -2.21. The molecule has 2 aliphatic carbocycles. The van der Waals surface area contributed by atoms with E-state index in [9.17, 15) is 14.9 Å². The highest BCUT2D eigenvalue weighted by atomic mass is 16.5. The van der Waals surface area contributed by atoms with Crippen LogP contribution in [0.1, 0.15) is 51.0 Å². The summed E-state index contributed by atoms with van der Waals surface area (Å²) in [5.74, 6) is 0.322. The summed E-state index contributed by atoms with van der Waals surface area (Å²) < 4.78 is 8.63. The number of nitrogens with zero attached hydrogens (tertiary/aromatic N) is 7. The van der Waals surface area contributed by atoms with E-state index in [0.29, 0.717) is 30.2 Å². The van der Waals surface area contributed by atoms with E-state index in [1.54, 1.807) is 19.4 Å². The number of likely N-dealkylation sites (N-methyl/N-ethyl adjacent to an activating group) is 1. The predicted octanol–water partition coefficient (Wildman–Crippen LogP) is 3.79. The van der Waals surface area contributed by atoms with E-state index < -0.39 is 0 Å². The zero-order valence-corrected chi connectivity index (χ0v) is 19.8. The van der Waals surface area contributed by atoms with E-state index in [4.69, 9.17) is 4.74 Å². The van der Waals surface area contributed by atoms with Crippen LogP contribution in [0.2, 0.25) is 0 Å². The number of aromatic nitrogens is 5. The van der Waals surface area contributed by atoms with Crippen molar-refractivity contribution in [1.29, 1.82) is 5.26 Å². The zero-order valence-electron chi connectivity index (χ0n) is 19.8. The van der Waals surface area contributed by atoms with Gasteiger partial charge >= 0.3 is 12.0 Å². The summed E-state index contributed by atoms with van der Waals surface area (Å²) in [6.45, 7) is 0.462. The van der Waals surface area contributed by atoms with Crippen molar-refractivity contribution in [3.8, 4) is 17.3 Å². The highest BCUT2D eigenvalue weighted by Crippen LogP contribution is 2.37. The Bertz CT molecular complexity index is 1260. The first kappa shape index (κ1) is 23.0. The second-order valence-electron chi connectivity index (χ2n) is 9.47. The van der Waals surface area contributed by atoms with Gasteiger partial charge in [-0.15, -0.1) is 0 Å². The van der Waals surface area contributed by atoms with Crippen LogP contribution in [-0.2, 0) is 9.53 Å².